The molecular formula is C25H31N3O2. The lowest BCUT2D eigenvalue weighted by molar-refractivity contribution is 0.0682. The number of carbonyl (C=O) groups excluding carboxylic acids is 1. The molecule has 1 aliphatic carbocycles. The number of fused-ring (bicyclic) bond motifs is 2. The highest BCUT2D eigenvalue weighted by Gasteiger charge is 2.41. The molecule has 0 unspecified atom stereocenters. The maximum absolute atomic E-state index is 13.3. The number of aromatic nitrogens is 1. The lowest BCUT2D eigenvalue weighted by Crippen LogP contribution is -2.39. The number of rotatable bonds is 5. The van der Waals surface area contributed by atoms with Crippen LogP contribution in [0.5, 0.6) is 5.75 Å². The van der Waals surface area contributed by atoms with Crippen LogP contribution in [0.3, 0.4) is 0 Å². The van der Waals surface area contributed by atoms with Gasteiger partial charge in [0, 0.05) is 44.6 Å². The Morgan fingerprint density at radius 1 is 1.10 bits per heavy atom. The second-order valence-corrected chi connectivity index (χ2v) is 9.24. The van der Waals surface area contributed by atoms with E-state index in [-0.39, 0.29) is 12.0 Å². The smallest absolute Gasteiger partial charge is 0.257 e. The summed E-state index contributed by atoms with van der Waals surface area (Å²) in [6, 6.07) is 10.7. The molecule has 3 heterocycles. The van der Waals surface area contributed by atoms with E-state index >= 15 is 0 Å². The van der Waals surface area contributed by atoms with Crippen molar-refractivity contribution in [1.82, 2.24) is 14.8 Å². The number of aryl methyl sites for hydroxylation is 1. The Bertz CT molecular complexity index is 893. The molecule has 5 nitrogen and oxygen atoms in total. The van der Waals surface area contributed by atoms with Gasteiger partial charge in [0.2, 0.25) is 0 Å². The number of carbonyl (C=O) groups is 1. The standard InChI is InChI=1S/C25H31N3O2/c1-18-2-5-24(23(14-18)25(29)28-17-20-3-4-21(28)15-20)30-22-8-12-27(13-9-22)16-19-6-10-26-11-7-19/h2,5-7,10-11,14,20-22H,3-4,8-9,12-13,15-17H2,1H3/t20-,21-/m0/s1. The Labute approximate surface area is 179 Å². The van der Waals surface area contributed by atoms with Crippen LogP contribution in [0, 0.1) is 12.8 Å². The number of ether oxygens (including phenoxy) is 1. The average Bonchev–Trinajstić information content (AvgIpc) is 3.40. The summed E-state index contributed by atoms with van der Waals surface area (Å²) in [7, 11) is 0. The van der Waals surface area contributed by atoms with E-state index < -0.39 is 0 Å². The van der Waals surface area contributed by atoms with Crippen molar-refractivity contribution >= 4 is 5.91 Å². The number of benzene rings is 1. The van der Waals surface area contributed by atoms with E-state index in [9.17, 15) is 4.79 Å². The number of pyridine rings is 1. The molecule has 1 aromatic heterocycles. The van der Waals surface area contributed by atoms with Crippen LogP contribution in [0.1, 0.15) is 53.6 Å². The van der Waals surface area contributed by atoms with Crippen LogP contribution >= 0.6 is 0 Å². The van der Waals surface area contributed by atoms with Crippen molar-refractivity contribution in [3.05, 3.63) is 59.4 Å². The fraction of sp³-hybridized carbons (Fsp3) is 0.520. The average molecular weight is 406 g/mol. The molecule has 5 rings (SSSR count). The van der Waals surface area contributed by atoms with Crippen molar-refractivity contribution in [2.75, 3.05) is 19.6 Å². The molecule has 3 fully saturated rings. The molecule has 1 amide bonds. The van der Waals surface area contributed by atoms with Gasteiger partial charge in [-0.05, 0) is 74.8 Å². The number of amides is 1. The first kappa shape index (κ1) is 19.6. The zero-order valence-corrected chi connectivity index (χ0v) is 17.8. The third-order valence-corrected chi connectivity index (χ3v) is 7.02. The minimum atomic E-state index is 0.163. The van der Waals surface area contributed by atoms with Crippen molar-refractivity contribution in [2.24, 2.45) is 5.92 Å². The third kappa shape index (κ3) is 4.08. The Hall–Kier alpha value is -2.40. The second-order valence-electron chi connectivity index (χ2n) is 9.24. The number of likely N-dealkylation sites (tertiary alicyclic amines) is 2. The van der Waals surface area contributed by atoms with Gasteiger partial charge in [-0.15, -0.1) is 0 Å². The van der Waals surface area contributed by atoms with Crippen molar-refractivity contribution < 1.29 is 9.53 Å². The van der Waals surface area contributed by atoms with Gasteiger partial charge in [-0.1, -0.05) is 11.6 Å². The molecule has 158 valence electrons. The van der Waals surface area contributed by atoms with E-state index in [1.807, 2.05) is 31.5 Å². The molecule has 0 spiro atoms. The lowest BCUT2D eigenvalue weighted by atomic mass is 10.0. The number of hydrogen-bond donors (Lipinski definition) is 0. The van der Waals surface area contributed by atoms with Crippen LogP contribution in [0.15, 0.2) is 42.7 Å². The zero-order chi connectivity index (χ0) is 20.5. The van der Waals surface area contributed by atoms with Crippen molar-refractivity contribution in [3.63, 3.8) is 0 Å². The molecule has 2 atom stereocenters. The Balaban J connectivity index is 1.23. The van der Waals surface area contributed by atoms with E-state index in [1.54, 1.807) is 0 Å². The summed E-state index contributed by atoms with van der Waals surface area (Å²) in [6.07, 6.45) is 9.48. The summed E-state index contributed by atoms with van der Waals surface area (Å²) in [5, 5.41) is 0. The molecule has 2 aromatic rings. The second kappa shape index (κ2) is 8.38. The molecule has 30 heavy (non-hydrogen) atoms. The van der Waals surface area contributed by atoms with Crippen LogP contribution < -0.4 is 4.74 Å². The van der Waals surface area contributed by atoms with E-state index in [0.717, 1.165) is 62.3 Å². The van der Waals surface area contributed by atoms with E-state index in [4.69, 9.17) is 4.74 Å². The maximum atomic E-state index is 13.3. The number of hydrogen-bond acceptors (Lipinski definition) is 4. The number of nitrogens with zero attached hydrogens (tertiary/aromatic N) is 3. The van der Waals surface area contributed by atoms with Gasteiger partial charge in [0.15, 0.2) is 0 Å². The highest BCUT2D eigenvalue weighted by molar-refractivity contribution is 5.97. The van der Waals surface area contributed by atoms with Crippen molar-refractivity contribution in [3.8, 4) is 5.75 Å². The van der Waals surface area contributed by atoms with E-state index in [2.05, 4.69) is 33.0 Å². The summed E-state index contributed by atoms with van der Waals surface area (Å²) < 4.78 is 6.42. The van der Waals surface area contributed by atoms with Gasteiger partial charge < -0.3 is 9.64 Å². The van der Waals surface area contributed by atoms with Gasteiger partial charge in [0.1, 0.15) is 11.9 Å². The maximum Gasteiger partial charge on any atom is 0.257 e. The van der Waals surface area contributed by atoms with E-state index in [1.165, 1.54) is 18.4 Å². The normalized spacial score (nSPS) is 24.4. The SMILES string of the molecule is Cc1ccc(OC2CCN(Cc3ccncc3)CC2)c(C(=O)N2C[C@H]3CC[C@H]2C3)c1. The van der Waals surface area contributed by atoms with Gasteiger partial charge in [-0.3, -0.25) is 14.7 Å². The highest BCUT2D eigenvalue weighted by atomic mass is 16.5. The highest BCUT2D eigenvalue weighted by Crippen LogP contribution is 2.39. The minimum Gasteiger partial charge on any atom is -0.489 e. The van der Waals surface area contributed by atoms with Gasteiger partial charge in [0.25, 0.3) is 5.91 Å². The monoisotopic (exact) mass is 405 g/mol. The summed E-state index contributed by atoms with van der Waals surface area (Å²) in [5.74, 6) is 1.63. The van der Waals surface area contributed by atoms with Gasteiger partial charge in [-0.2, -0.15) is 0 Å². The summed E-state index contributed by atoms with van der Waals surface area (Å²) in [5.41, 5.74) is 3.17. The molecule has 0 N–H and O–H groups in total. The Kier molecular flexibility index (Phi) is 5.47. The largest absolute Gasteiger partial charge is 0.489 e. The quantitative estimate of drug-likeness (QED) is 0.753. The van der Waals surface area contributed by atoms with Crippen LogP contribution in [0.2, 0.25) is 0 Å². The predicted octanol–water partition coefficient (Wildman–Crippen LogP) is 4.06. The molecule has 1 saturated carbocycles. The Morgan fingerprint density at radius 2 is 1.90 bits per heavy atom. The molecule has 1 aromatic carbocycles. The first-order valence-electron chi connectivity index (χ1n) is 11.4. The van der Waals surface area contributed by atoms with Crippen LogP contribution in [-0.2, 0) is 6.54 Å². The summed E-state index contributed by atoms with van der Waals surface area (Å²) in [6.45, 7) is 5.95. The van der Waals surface area contributed by atoms with Gasteiger partial charge >= 0.3 is 0 Å². The Morgan fingerprint density at radius 3 is 2.60 bits per heavy atom. The summed E-state index contributed by atoms with van der Waals surface area (Å²) >= 11 is 0. The van der Waals surface area contributed by atoms with Crippen molar-refractivity contribution in [1.29, 1.82) is 0 Å². The molecule has 0 radical (unpaired) electrons. The molecule has 2 saturated heterocycles. The molecule has 3 aliphatic rings. The number of piperidine rings is 2. The van der Waals surface area contributed by atoms with E-state index in [0.29, 0.717) is 12.0 Å². The van der Waals surface area contributed by atoms with Crippen LogP contribution in [-0.4, -0.2) is 52.5 Å². The molecule has 2 aliphatic heterocycles. The fourth-order valence-electron chi connectivity index (χ4n) is 5.35. The third-order valence-electron chi connectivity index (χ3n) is 7.02. The summed E-state index contributed by atoms with van der Waals surface area (Å²) in [4.78, 5) is 22.0. The predicted molar refractivity (Wildman–Crippen MR) is 117 cm³/mol. The minimum absolute atomic E-state index is 0.163. The first-order chi connectivity index (χ1) is 14.7. The first-order valence-corrected chi connectivity index (χ1v) is 11.4. The lowest BCUT2D eigenvalue weighted by Gasteiger charge is -2.33. The van der Waals surface area contributed by atoms with Gasteiger partial charge in [-0.25, -0.2) is 0 Å². The van der Waals surface area contributed by atoms with Crippen LogP contribution in [0.4, 0.5) is 0 Å². The molecular weight excluding hydrogens is 374 g/mol. The van der Waals surface area contributed by atoms with Crippen LogP contribution in [0.25, 0.3) is 0 Å². The van der Waals surface area contributed by atoms with Crippen molar-refractivity contribution in [2.45, 2.75) is 57.7 Å². The molecule has 2 bridgehead atoms. The molecule has 5 heteroatoms. The van der Waals surface area contributed by atoms with Gasteiger partial charge in [0.05, 0.1) is 5.56 Å². The fourth-order valence-corrected chi connectivity index (χ4v) is 5.35. The topological polar surface area (TPSA) is 45.7 Å². The zero-order valence-electron chi connectivity index (χ0n) is 17.8.